The van der Waals surface area contributed by atoms with Gasteiger partial charge in [-0.1, -0.05) is 29.8 Å². The third kappa shape index (κ3) is 4.23. The SMILES string of the molecule is Cc1ccc(Nc2ccc(C(=O)Nc3cc(C)ccc3C)nc2)cc1. The van der Waals surface area contributed by atoms with Crippen LogP contribution in [0.1, 0.15) is 27.2 Å². The van der Waals surface area contributed by atoms with Crippen molar-refractivity contribution < 1.29 is 4.79 Å². The standard InChI is InChI=1S/C21H21N3O/c1-14-5-8-17(9-6-14)23-18-10-11-19(22-13-18)21(25)24-20-12-15(2)4-7-16(20)3/h4-13,23H,1-3H3,(H,24,25). The van der Waals surface area contributed by atoms with Crippen LogP contribution >= 0.6 is 0 Å². The molecule has 0 fully saturated rings. The highest BCUT2D eigenvalue weighted by molar-refractivity contribution is 6.03. The summed E-state index contributed by atoms with van der Waals surface area (Å²) in [6.07, 6.45) is 1.66. The van der Waals surface area contributed by atoms with Gasteiger partial charge >= 0.3 is 0 Å². The molecular formula is C21H21N3O. The summed E-state index contributed by atoms with van der Waals surface area (Å²) in [4.78, 5) is 16.7. The molecule has 0 aliphatic carbocycles. The summed E-state index contributed by atoms with van der Waals surface area (Å²) >= 11 is 0. The molecule has 4 heteroatoms. The lowest BCUT2D eigenvalue weighted by Crippen LogP contribution is -2.14. The number of hydrogen-bond donors (Lipinski definition) is 2. The Morgan fingerprint density at radius 1 is 0.840 bits per heavy atom. The van der Waals surface area contributed by atoms with Gasteiger partial charge in [0.25, 0.3) is 5.91 Å². The van der Waals surface area contributed by atoms with E-state index >= 15 is 0 Å². The Kier molecular flexibility index (Phi) is 4.80. The number of nitrogens with one attached hydrogen (secondary N) is 2. The predicted molar refractivity (Wildman–Crippen MR) is 103 cm³/mol. The van der Waals surface area contributed by atoms with Crippen molar-refractivity contribution in [3.63, 3.8) is 0 Å². The van der Waals surface area contributed by atoms with E-state index < -0.39 is 0 Å². The van der Waals surface area contributed by atoms with Gasteiger partial charge in [-0.2, -0.15) is 0 Å². The second-order valence-electron chi connectivity index (χ2n) is 6.20. The maximum absolute atomic E-state index is 12.4. The highest BCUT2D eigenvalue weighted by atomic mass is 16.1. The summed E-state index contributed by atoms with van der Waals surface area (Å²) in [6, 6.07) is 17.7. The molecule has 1 amide bonds. The van der Waals surface area contributed by atoms with Crippen LogP contribution in [-0.4, -0.2) is 10.9 Å². The van der Waals surface area contributed by atoms with Gasteiger partial charge in [-0.3, -0.25) is 4.79 Å². The summed E-state index contributed by atoms with van der Waals surface area (Å²) in [7, 11) is 0. The number of nitrogens with zero attached hydrogens (tertiary/aromatic N) is 1. The first-order valence-corrected chi connectivity index (χ1v) is 8.19. The zero-order valence-corrected chi connectivity index (χ0v) is 14.6. The van der Waals surface area contributed by atoms with Gasteiger partial charge in [0.05, 0.1) is 11.9 Å². The van der Waals surface area contributed by atoms with Crippen molar-refractivity contribution in [2.75, 3.05) is 10.6 Å². The lowest BCUT2D eigenvalue weighted by Gasteiger charge is -2.10. The average molecular weight is 331 g/mol. The van der Waals surface area contributed by atoms with E-state index in [1.165, 1.54) is 5.56 Å². The largest absolute Gasteiger partial charge is 0.354 e. The molecular weight excluding hydrogens is 310 g/mol. The van der Waals surface area contributed by atoms with E-state index in [1.807, 2.05) is 62.4 Å². The highest BCUT2D eigenvalue weighted by Gasteiger charge is 2.09. The molecule has 1 heterocycles. The van der Waals surface area contributed by atoms with Crippen LogP contribution in [-0.2, 0) is 0 Å². The van der Waals surface area contributed by atoms with Gasteiger partial charge in [-0.15, -0.1) is 0 Å². The number of pyridine rings is 1. The summed E-state index contributed by atoms with van der Waals surface area (Å²) in [6.45, 7) is 6.02. The maximum atomic E-state index is 12.4. The van der Waals surface area contributed by atoms with E-state index in [-0.39, 0.29) is 5.91 Å². The fourth-order valence-corrected chi connectivity index (χ4v) is 2.46. The van der Waals surface area contributed by atoms with Crippen molar-refractivity contribution in [2.24, 2.45) is 0 Å². The van der Waals surface area contributed by atoms with Crippen LogP contribution in [0.15, 0.2) is 60.8 Å². The van der Waals surface area contributed by atoms with Crippen molar-refractivity contribution >= 4 is 23.0 Å². The number of carbonyl (C=O) groups excluding carboxylic acids is 1. The van der Waals surface area contributed by atoms with Gasteiger partial charge in [0.15, 0.2) is 0 Å². The fraction of sp³-hybridized carbons (Fsp3) is 0.143. The fourth-order valence-electron chi connectivity index (χ4n) is 2.46. The monoisotopic (exact) mass is 331 g/mol. The van der Waals surface area contributed by atoms with Crippen LogP contribution in [0.5, 0.6) is 0 Å². The molecule has 4 nitrogen and oxygen atoms in total. The zero-order valence-electron chi connectivity index (χ0n) is 14.6. The molecule has 3 aromatic rings. The van der Waals surface area contributed by atoms with Crippen LogP contribution in [0.3, 0.4) is 0 Å². The molecule has 0 unspecified atom stereocenters. The van der Waals surface area contributed by atoms with Crippen molar-refractivity contribution in [3.05, 3.63) is 83.2 Å². The average Bonchev–Trinajstić information content (AvgIpc) is 2.61. The second kappa shape index (κ2) is 7.18. The summed E-state index contributed by atoms with van der Waals surface area (Å²) in [5, 5.41) is 6.19. The van der Waals surface area contributed by atoms with E-state index in [0.717, 1.165) is 28.2 Å². The summed E-state index contributed by atoms with van der Waals surface area (Å²) in [5.41, 5.74) is 6.36. The van der Waals surface area contributed by atoms with Gasteiger partial charge in [0.1, 0.15) is 5.69 Å². The van der Waals surface area contributed by atoms with Crippen LogP contribution < -0.4 is 10.6 Å². The molecule has 0 bridgehead atoms. The number of rotatable bonds is 4. The Morgan fingerprint density at radius 2 is 1.52 bits per heavy atom. The van der Waals surface area contributed by atoms with Crippen molar-refractivity contribution in [2.45, 2.75) is 20.8 Å². The van der Waals surface area contributed by atoms with E-state index in [2.05, 4.69) is 22.5 Å². The van der Waals surface area contributed by atoms with E-state index in [0.29, 0.717) is 5.69 Å². The third-order valence-electron chi connectivity index (χ3n) is 3.98. The van der Waals surface area contributed by atoms with Gasteiger partial charge in [0, 0.05) is 11.4 Å². The van der Waals surface area contributed by atoms with Crippen LogP contribution in [0.2, 0.25) is 0 Å². The van der Waals surface area contributed by atoms with Crippen LogP contribution in [0, 0.1) is 20.8 Å². The molecule has 0 aliphatic rings. The van der Waals surface area contributed by atoms with Crippen LogP contribution in [0.4, 0.5) is 17.1 Å². The smallest absolute Gasteiger partial charge is 0.274 e. The third-order valence-corrected chi connectivity index (χ3v) is 3.98. The lowest BCUT2D eigenvalue weighted by molar-refractivity contribution is 0.102. The summed E-state index contributed by atoms with van der Waals surface area (Å²) < 4.78 is 0. The van der Waals surface area contributed by atoms with Gasteiger partial charge in [0.2, 0.25) is 0 Å². The molecule has 0 atom stereocenters. The number of hydrogen-bond acceptors (Lipinski definition) is 3. The second-order valence-corrected chi connectivity index (χ2v) is 6.20. The van der Waals surface area contributed by atoms with E-state index in [9.17, 15) is 4.79 Å². The molecule has 25 heavy (non-hydrogen) atoms. The lowest BCUT2D eigenvalue weighted by atomic mass is 10.1. The first-order valence-electron chi connectivity index (χ1n) is 8.19. The van der Waals surface area contributed by atoms with Gasteiger partial charge in [-0.25, -0.2) is 4.98 Å². The molecule has 3 rings (SSSR count). The van der Waals surface area contributed by atoms with Gasteiger partial charge < -0.3 is 10.6 Å². The predicted octanol–water partition coefficient (Wildman–Crippen LogP) is 5.00. The Balaban J connectivity index is 1.70. The number of anilines is 3. The molecule has 0 aliphatic heterocycles. The molecule has 126 valence electrons. The van der Waals surface area contributed by atoms with Crippen LogP contribution in [0.25, 0.3) is 0 Å². The van der Waals surface area contributed by atoms with Crippen molar-refractivity contribution in [1.29, 1.82) is 0 Å². The Morgan fingerprint density at radius 3 is 2.20 bits per heavy atom. The molecule has 0 spiro atoms. The number of carbonyl (C=O) groups is 1. The van der Waals surface area contributed by atoms with E-state index in [4.69, 9.17) is 0 Å². The molecule has 0 radical (unpaired) electrons. The Bertz CT molecular complexity index is 884. The van der Waals surface area contributed by atoms with E-state index in [1.54, 1.807) is 12.3 Å². The number of benzene rings is 2. The summed E-state index contributed by atoms with van der Waals surface area (Å²) in [5.74, 6) is -0.212. The minimum Gasteiger partial charge on any atom is -0.354 e. The molecule has 1 aromatic heterocycles. The minimum absolute atomic E-state index is 0.212. The molecule has 2 N–H and O–H groups in total. The maximum Gasteiger partial charge on any atom is 0.274 e. The Hall–Kier alpha value is -3.14. The quantitative estimate of drug-likeness (QED) is 0.707. The van der Waals surface area contributed by atoms with Gasteiger partial charge in [-0.05, 0) is 62.2 Å². The zero-order chi connectivity index (χ0) is 17.8. The number of aromatic nitrogens is 1. The Labute approximate surface area is 147 Å². The van der Waals surface area contributed by atoms with Crippen molar-refractivity contribution in [3.8, 4) is 0 Å². The molecule has 0 saturated carbocycles. The number of aryl methyl sites for hydroxylation is 3. The first-order chi connectivity index (χ1) is 12.0. The molecule has 2 aromatic carbocycles. The highest BCUT2D eigenvalue weighted by Crippen LogP contribution is 2.19. The topological polar surface area (TPSA) is 54.0 Å². The molecule has 0 saturated heterocycles. The number of amides is 1. The first kappa shape index (κ1) is 16.7. The minimum atomic E-state index is -0.212. The van der Waals surface area contributed by atoms with Crippen molar-refractivity contribution in [1.82, 2.24) is 4.98 Å². The normalized spacial score (nSPS) is 10.4.